The number of rotatable bonds is 8. The number of likely N-dealkylation sites (N-methyl/N-ethyl adjacent to an activating group) is 1. The van der Waals surface area contributed by atoms with Crippen molar-refractivity contribution in [1.82, 2.24) is 4.90 Å². The van der Waals surface area contributed by atoms with Crippen molar-refractivity contribution in [1.29, 1.82) is 0 Å². The van der Waals surface area contributed by atoms with Crippen molar-refractivity contribution in [3.8, 4) is 0 Å². The molecular weight excluding hydrogens is 260 g/mol. The lowest BCUT2D eigenvalue weighted by Crippen LogP contribution is -2.36. The first-order chi connectivity index (χ1) is 9.43. The molecule has 0 aromatic heterocycles. The van der Waals surface area contributed by atoms with Gasteiger partial charge in [0, 0.05) is 24.7 Å². The van der Waals surface area contributed by atoms with Crippen molar-refractivity contribution >= 4 is 11.7 Å². The van der Waals surface area contributed by atoms with Crippen molar-refractivity contribution in [3.05, 3.63) is 39.9 Å². The Morgan fingerprint density at radius 2 is 2.00 bits per heavy atom. The Bertz CT molecular complexity index is 459. The maximum absolute atomic E-state index is 10.7. The van der Waals surface area contributed by atoms with E-state index in [9.17, 15) is 14.9 Å². The van der Waals surface area contributed by atoms with Gasteiger partial charge in [0.1, 0.15) is 0 Å². The summed E-state index contributed by atoms with van der Waals surface area (Å²) in [7, 11) is 0. The molecule has 1 rings (SSSR count). The molecule has 0 saturated carbocycles. The van der Waals surface area contributed by atoms with Gasteiger partial charge in [-0.2, -0.15) is 0 Å². The summed E-state index contributed by atoms with van der Waals surface area (Å²) < 4.78 is 0. The minimum absolute atomic E-state index is 0.0180. The van der Waals surface area contributed by atoms with Gasteiger partial charge in [0.25, 0.3) is 5.69 Å². The summed E-state index contributed by atoms with van der Waals surface area (Å²) in [4.78, 5) is 22.9. The Morgan fingerprint density at radius 3 is 2.45 bits per heavy atom. The highest BCUT2D eigenvalue weighted by Crippen LogP contribution is 2.13. The van der Waals surface area contributed by atoms with E-state index in [1.807, 2.05) is 13.8 Å². The third kappa shape index (κ3) is 4.97. The zero-order chi connectivity index (χ0) is 15.1. The van der Waals surface area contributed by atoms with Crippen LogP contribution in [0, 0.1) is 10.1 Å². The average Bonchev–Trinajstić information content (AvgIpc) is 2.39. The number of nitro benzene ring substituents is 1. The molecule has 6 heteroatoms. The van der Waals surface area contributed by atoms with E-state index in [2.05, 4.69) is 4.90 Å². The Morgan fingerprint density at radius 1 is 1.40 bits per heavy atom. The molecule has 0 aliphatic heterocycles. The summed E-state index contributed by atoms with van der Waals surface area (Å²) in [5.41, 5.74) is 1.09. The molecule has 0 bridgehead atoms. The van der Waals surface area contributed by atoms with Gasteiger partial charge in [0.05, 0.1) is 11.3 Å². The molecule has 1 N–H and O–H groups in total. The highest BCUT2D eigenvalue weighted by molar-refractivity contribution is 5.67. The van der Waals surface area contributed by atoms with E-state index in [1.165, 1.54) is 12.1 Å². The van der Waals surface area contributed by atoms with E-state index in [1.54, 1.807) is 12.1 Å². The van der Waals surface area contributed by atoms with Crippen LogP contribution in [0.1, 0.15) is 25.8 Å². The largest absolute Gasteiger partial charge is 0.481 e. The summed E-state index contributed by atoms with van der Waals surface area (Å²) in [6.07, 6.45) is 0.865. The second-order valence-corrected chi connectivity index (χ2v) is 4.75. The minimum Gasteiger partial charge on any atom is -0.481 e. The molecule has 0 aliphatic carbocycles. The molecule has 1 aromatic carbocycles. The minimum atomic E-state index is -0.800. The molecule has 0 fully saturated rings. The second-order valence-electron chi connectivity index (χ2n) is 4.75. The maximum atomic E-state index is 10.7. The SMILES string of the molecule is CCN(CCc1ccc([N+](=O)[O-])cc1)C(C)CC(=O)O. The number of non-ortho nitro benzene ring substituents is 1. The Hall–Kier alpha value is -1.95. The topological polar surface area (TPSA) is 83.7 Å². The zero-order valence-corrected chi connectivity index (χ0v) is 11.8. The molecule has 1 unspecified atom stereocenters. The highest BCUT2D eigenvalue weighted by atomic mass is 16.6. The molecule has 0 radical (unpaired) electrons. The van der Waals surface area contributed by atoms with Crippen molar-refractivity contribution in [3.63, 3.8) is 0 Å². The number of aliphatic carboxylic acids is 1. The van der Waals surface area contributed by atoms with Crippen LogP contribution in [0.2, 0.25) is 0 Å². The van der Waals surface area contributed by atoms with Crippen LogP contribution < -0.4 is 0 Å². The standard InChI is InChI=1S/C14H20N2O4/c1-3-15(11(2)10-14(17)18)9-8-12-4-6-13(7-5-12)16(19)20/h4-7,11H,3,8-10H2,1-2H3,(H,17,18). The first kappa shape index (κ1) is 16.1. The summed E-state index contributed by atoms with van der Waals surface area (Å²) >= 11 is 0. The molecule has 0 aliphatic rings. The Kier molecular flexibility index (Phi) is 6.11. The van der Waals surface area contributed by atoms with Crippen LogP contribution in [0.3, 0.4) is 0 Å². The summed E-state index contributed by atoms with van der Waals surface area (Å²) in [6.45, 7) is 5.41. The summed E-state index contributed by atoms with van der Waals surface area (Å²) in [5.74, 6) is -0.800. The van der Waals surface area contributed by atoms with E-state index in [0.717, 1.165) is 25.1 Å². The second kappa shape index (κ2) is 7.59. The van der Waals surface area contributed by atoms with Crippen molar-refractivity contribution in [2.45, 2.75) is 32.7 Å². The zero-order valence-electron chi connectivity index (χ0n) is 11.8. The van der Waals surface area contributed by atoms with Crippen LogP contribution in [0.5, 0.6) is 0 Å². The van der Waals surface area contributed by atoms with Crippen LogP contribution in [0.25, 0.3) is 0 Å². The van der Waals surface area contributed by atoms with Gasteiger partial charge >= 0.3 is 5.97 Å². The molecule has 20 heavy (non-hydrogen) atoms. The van der Waals surface area contributed by atoms with Crippen molar-refractivity contribution in [2.75, 3.05) is 13.1 Å². The lowest BCUT2D eigenvalue weighted by atomic mass is 10.1. The number of nitro groups is 1. The quantitative estimate of drug-likeness (QED) is 0.583. The predicted octanol–water partition coefficient (Wildman–Crippen LogP) is 2.32. The Labute approximate surface area is 118 Å². The number of nitrogens with zero attached hydrogens (tertiary/aromatic N) is 2. The number of carbonyl (C=O) groups is 1. The number of benzene rings is 1. The van der Waals surface area contributed by atoms with E-state index >= 15 is 0 Å². The van der Waals surface area contributed by atoms with Crippen molar-refractivity contribution < 1.29 is 14.8 Å². The monoisotopic (exact) mass is 280 g/mol. The van der Waals surface area contributed by atoms with E-state index in [-0.39, 0.29) is 18.2 Å². The van der Waals surface area contributed by atoms with Gasteiger partial charge in [-0.15, -0.1) is 0 Å². The van der Waals surface area contributed by atoms with E-state index < -0.39 is 10.9 Å². The molecule has 0 spiro atoms. The molecule has 1 atom stereocenters. The van der Waals surface area contributed by atoms with E-state index in [0.29, 0.717) is 0 Å². The van der Waals surface area contributed by atoms with Crippen LogP contribution in [-0.2, 0) is 11.2 Å². The fourth-order valence-corrected chi connectivity index (χ4v) is 2.13. The molecular formula is C14H20N2O4. The maximum Gasteiger partial charge on any atom is 0.304 e. The summed E-state index contributed by atoms with van der Waals surface area (Å²) in [6, 6.07) is 6.45. The molecule has 6 nitrogen and oxygen atoms in total. The molecule has 0 saturated heterocycles. The fraction of sp³-hybridized carbons (Fsp3) is 0.500. The molecule has 0 heterocycles. The number of hydrogen-bond acceptors (Lipinski definition) is 4. The van der Waals surface area contributed by atoms with Gasteiger partial charge in [0.2, 0.25) is 0 Å². The van der Waals surface area contributed by atoms with Crippen LogP contribution in [0.15, 0.2) is 24.3 Å². The fourth-order valence-electron chi connectivity index (χ4n) is 2.13. The molecule has 0 amide bonds. The molecule has 1 aromatic rings. The predicted molar refractivity (Wildman–Crippen MR) is 75.8 cm³/mol. The van der Waals surface area contributed by atoms with Gasteiger partial charge in [-0.3, -0.25) is 14.9 Å². The normalized spacial score (nSPS) is 12.3. The number of carboxylic acid groups (broad SMARTS) is 1. The summed E-state index contributed by atoms with van der Waals surface area (Å²) in [5, 5.41) is 19.4. The van der Waals surface area contributed by atoms with Gasteiger partial charge in [-0.1, -0.05) is 19.1 Å². The third-order valence-electron chi connectivity index (χ3n) is 3.33. The van der Waals surface area contributed by atoms with Crippen molar-refractivity contribution in [2.24, 2.45) is 0 Å². The van der Waals surface area contributed by atoms with Gasteiger partial charge in [-0.25, -0.2) is 0 Å². The first-order valence-corrected chi connectivity index (χ1v) is 6.63. The first-order valence-electron chi connectivity index (χ1n) is 6.63. The Balaban J connectivity index is 2.55. The average molecular weight is 280 g/mol. The lowest BCUT2D eigenvalue weighted by Gasteiger charge is -2.26. The van der Waals surface area contributed by atoms with Gasteiger partial charge < -0.3 is 10.0 Å². The lowest BCUT2D eigenvalue weighted by molar-refractivity contribution is -0.384. The van der Waals surface area contributed by atoms with Gasteiger partial charge in [0.15, 0.2) is 0 Å². The highest BCUT2D eigenvalue weighted by Gasteiger charge is 2.15. The van der Waals surface area contributed by atoms with Crippen LogP contribution in [-0.4, -0.2) is 40.0 Å². The smallest absolute Gasteiger partial charge is 0.304 e. The van der Waals surface area contributed by atoms with Crippen LogP contribution >= 0.6 is 0 Å². The number of carboxylic acids is 1. The number of hydrogen-bond donors (Lipinski definition) is 1. The third-order valence-corrected chi connectivity index (χ3v) is 3.33. The van der Waals surface area contributed by atoms with Gasteiger partial charge in [-0.05, 0) is 25.5 Å². The van der Waals surface area contributed by atoms with Crippen LogP contribution in [0.4, 0.5) is 5.69 Å². The molecule has 110 valence electrons. The van der Waals surface area contributed by atoms with E-state index in [4.69, 9.17) is 5.11 Å².